The van der Waals surface area contributed by atoms with Gasteiger partial charge in [-0.15, -0.1) is 0 Å². The first-order valence-corrected chi connectivity index (χ1v) is 6.69. The van der Waals surface area contributed by atoms with Crippen LogP contribution in [0, 0.1) is 6.92 Å². The van der Waals surface area contributed by atoms with E-state index in [1.807, 2.05) is 12.1 Å². The Morgan fingerprint density at radius 2 is 1.89 bits per heavy atom. The number of rotatable bonds is 3. The summed E-state index contributed by atoms with van der Waals surface area (Å²) in [5, 5.41) is 0.519. The van der Waals surface area contributed by atoms with Crippen LogP contribution in [0.5, 0.6) is 11.5 Å². The third kappa shape index (κ3) is 3.02. The quantitative estimate of drug-likeness (QED) is 0.787. The number of hydrogen-bond donors (Lipinski definition) is 1. The van der Waals surface area contributed by atoms with Gasteiger partial charge >= 0.3 is 0 Å². The number of halogens is 1. The zero-order valence-corrected chi connectivity index (χ0v) is 12.2. The molecule has 0 aliphatic heterocycles. The van der Waals surface area contributed by atoms with Crippen molar-refractivity contribution in [3.05, 3.63) is 52.5 Å². The molecule has 0 atom stereocenters. The molecule has 2 aromatic carbocycles. The minimum atomic E-state index is 0.499. The largest absolute Gasteiger partial charge is 0.454 e. The summed E-state index contributed by atoms with van der Waals surface area (Å²) >= 11 is 6.10. The van der Waals surface area contributed by atoms with E-state index in [4.69, 9.17) is 22.1 Å². The van der Waals surface area contributed by atoms with Gasteiger partial charge in [-0.2, -0.15) is 0 Å². The summed E-state index contributed by atoms with van der Waals surface area (Å²) in [6, 6.07) is 11.4. The third-order valence-corrected chi connectivity index (χ3v) is 3.38. The van der Waals surface area contributed by atoms with E-state index in [1.54, 1.807) is 18.2 Å². The maximum absolute atomic E-state index is 6.10. The smallest absolute Gasteiger partial charge is 0.168 e. The molecule has 0 spiro atoms. The molecule has 0 aliphatic carbocycles. The Hall–Kier alpha value is -1.67. The fourth-order valence-corrected chi connectivity index (χ4v) is 2.33. The summed E-state index contributed by atoms with van der Waals surface area (Å²) in [4.78, 5) is 0. The monoisotopic (exact) mass is 275 g/mol. The molecule has 0 saturated heterocycles. The van der Waals surface area contributed by atoms with Crippen LogP contribution in [-0.2, 0) is 0 Å². The molecule has 0 fully saturated rings. The highest BCUT2D eigenvalue weighted by molar-refractivity contribution is 6.32. The van der Waals surface area contributed by atoms with Crippen molar-refractivity contribution in [1.29, 1.82) is 0 Å². The summed E-state index contributed by atoms with van der Waals surface area (Å²) in [6.45, 7) is 6.43. The lowest BCUT2D eigenvalue weighted by molar-refractivity contribution is 0.484. The van der Waals surface area contributed by atoms with Crippen LogP contribution in [0.25, 0.3) is 0 Å². The average molecular weight is 276 g/mol. The Kier molecular flexibility index (Phi) is 4.01. The predicted octanol–water partition coefficient (Wildman–Crippen LogP) is 5.15. The highest BCUT2D eigenvalue weighted by Gasteiger charge is 2.09. The van der Waals surface area contributed by atoms with Gasteiger partial charge in [0.05, 0.1) is 10.7 Å². The minimum Gasteiger partial charge on any atom is -0.454 e. The van der Waals surface area contributed by atoms with Gasteiger partial charge in [-0.1, -0.05) is 37.6 Å². The lowest BCUT2D eigenvalue weighted by Gasteiger charge is -2.14. The SMILES string of the molecule is Cc1cc(Oc2c(N)cccc2Cl)ccc1C(C)C. The summed E-state index contributed by atoms with van der Waals surface area (Å²) in [6.07, 6.45) is 0. The number of para-hydroxylation sites is 1. The van der Waals surface area contributed by atoms with E-state index in [9.17, 15) is 0 Å². The highest BCUT2D eigenvalue weighted by atomic mass is 35.5. The van der Waals surface area contributed by atoms with E-state index in [2.05, 4.69) is 26.8 Å². The molecule has 0 bridgehead atoms. The lowest BCUT2D eigenvalue weighted by Crippen LogP contribution is -1.95. The van der Waals surface area contributed by atoms with Gasteiger partial charge in [-0.05, 0) is 48.2 Å². The summed E-state index contributed by atoms with van der Waals surface area (Å²) < 4.78 is 5.80. The fourth-order valence-electron chi connectivity index (χ4n) is 2.11. The molecule has 0 aromatic heterocycles. The summed E-state index contributed by atoms with van der Waals surface area (Å²) in [5.74, 6) is 1.77. The fraction of sp³-hybridized carbons (Fsp3) is 0.250. The zero-order chi connectivity index (χ0) is 14.0. The van der Waals surface area contributed by atoms with E-state index in [-0.39, 0.29) is 0 Å². The second-order valence-electron chi connectivity index (χ2n) is 4.93. The van der Waals surface area contributed by atoms with Crippen molar-refractivity contribution in [2.75, 3.05) is 5.73 Å². The normalized spacial score (nSPS) is 10.8. The lowest BCUT2D eigenvalue weighted by atomic mass is 9.98. The average Bonchev–Trinajstić information content (AvgIpc) is 2.33. The van der Waals surface area contributed by atoms with E-state index < -0.39 is 0 Å². The first kappa shape index (κ1) is 13.8. The minimum absolute atomic E-state index is 0.499. The molecule has 0 saturated carbocycles. The number of hydrogen-bond acceptors (Lipinski definition) is 2. The van der Waals surface area contributed by atoms with Crippen molar-refractivity contribution in [3.8, 4) is 11.5 Å². The molecule has 2 aromatic rings. The Bertz CT molecular complexity index is 573. The van der Waals surface area contributed by atoms with E-state index >= 15 is 0 Å². The third-order valence-electron chi connectivity index (χ3n) is 3.08. The second kappa shape index (κ2) is 5.54. The van der Waals surface area contributed by atoms with E-state index in [1.165, 1.54) is 11.1 Å². The van der Waals surface area contributed by atoms with Crippen LogP contribution in [0.3, 0.4) is 0 Å². The van der Waals surface area contributed by atoms with Crippen LogP contribution >= 0.6 is 11.6 Å². The van der Waals surface area contributed by atoms with E-state index in [0.29, 0.717) is 22.4 Å². The van der Waals surface area contributed by atoms with Crippen LogP contribution in [-0.4, -0.2) is 0 Å². The van der Waals surface area contributed by atoms with Gasteiger partial charge in [0.2, 0.25) is 0 Å². The molecule has 3 heteroatoms. The maximum Gasteiger partial charge on any atom is 0.168 e. The molecule has 2 N–H and O–H groups in total. The van der Waals surface area contributed by atoms with Crippen LogP contribution in [0.15, 0.2) is 36.4 Å². The Balaban J connectivity index is 2.32. The van der Waals surface area contributed by atoms with Crippen LogP contribution in [0.2, 0.25) is 5.02 Å². The Morgan fingerprint density at radius 1 is 1.16 bits per heavy atom. The van der Waals surface area contributed by atoms with Gasteiger partial charge in [-0.3, -0.25) is 0 Å². The van der Waals surface area contributed by atoms with Crippen molar-refractivity contribution in [2.24, 2.45) is 0 Å². The Labute approximate surface area is 119 Å². The van der Waals surface area contributed by atoms with Crippen molar-refractivity contribution < 1.29 is 4.74 Å². The number of anilines is 1. The van der Waals surface area contributed by atoms with Crippen molar-refractivity contribution >= 4 is 17.3 Å². The molecular formula is C16H18ClNO. The highest BCUT2D eigenvalue weighted by Crippen LogP contribution is 2.35. The molecule has 0 aliphatic rings. The molecule has 100 valence electrons. The predicted molar refractivity (Wildman–Crippen MR) is 81.2 cm³/mol. The van der Waals surface area contributed by atoms with Gasteiger partial charge < -0.3 is 10.5 Å². The summed E-state index contributed by atoms with van der Waals surface area (Å²) in [5.41, 5.74) is 8.94. The second-order valence-corrected chi connectivity index (χ2v) is 5.34. The van der Waals surface area contributed by atoms with Gasteiger partial charge in [0, 0.05) is 0 Å². The Morgan fingerprint density at radius 3 is 2.47 bits per heavy atom. The molecule has 2 rings (SSSR count). The number of nitrogen functional groups attached to an aromatic ring is 1. The van der Waals surface area contributed by atoms with Gasteiger partial charge in [0.1, 0.15) is 5.75 Å². The zero-order valence-electron chi connectivity index (χ0n) is 11.4. The van der Waals surface area contributed by atoms with Gasteiger partial charge in [0.15, 0.2) is 5.75 Å². The molecule has 19 heavy (non-hydrogen) atoms. The molecule has 2 nitrogen and oxygen atoms in total. The van der Waals surface area contributed by atoms with Gasteiger partial charge in [-0.25, -0.2) is 0 Å². The first-order chi connectivity index (χ1) is 8.99. The first-order valence-electron chi connectivity index (χ1n) is 6.31. The molecular weight excluding hydrogens is 258 g/mol. The standard InChI is InChI=1S/C16H18ClNO/c1-10(2)13-8-7-12(9-11(13)3)19-16-14(17)5-4-6-15(16)18/h4-10H,18H2,1-3H3. The number of nitrogens with two attached hydrogens (primary N) is 1. The van der Waals surface area contributed by atoms with Crippen molar-refractivity contribution in [3.63, 3.8) is 0 Å². The molecule has 0 radical (unpaired) electrons. The summed E-state index contributed by atoms with van der Waals surface area (Å²) in [7, 11) is 0. The van der Waals surface area contributed by atoms with Crippen molar-refractivity contribution in [2.45, 2.75) is 26.7 Å². The van der Waals surface area contributed by atoms with Crippen LogP contribution in [0.1, 0.15) is 30.9 Å². The van der Waals surface area contributed by atoms with Crippen molar-refractivity contribution in [1.82, 2.24) is 0 Å². The maximum atomic E-state index is 6.10. The van der Waals surface area contributed by atoms with E-state index in [0.717, 1.165) is 5.75 Å². The molecule has 0 heterocycles. The number of ether oxygens (including phenoxy) is 1. The molecule has 0 amide bonds. The topological polar surface area (TPSA) is 35.2 Å². The number of benzene rings is 2. The van der Waals surface area contributed by atoms with Crippen LogP contribution < -0.4 is 10.5 Å². The number of aryl methyl sites for hydroxylation is 1. The van der Waals surface area contributed by atoms with Crippen LogP contribution in [0.4, 0.5) is 5.69 Å². The molecule has 0 unspecified atom stereocenters. The van der Waals surface area contributed by atoms with Gasteiger partial charge in [0.25, 0.3) is 0 Å².